The molecule has 2 saturated heterocycles. The van der Waals surface area contributed by atoms with Crippen LogP contribution in [0, 0.1) is 12.7 Å². The van der Waals surface area contributed by atoms with E-state index in [9.17, 15) is 4.79 Å². The number of amides is 1. The first kappa shape index (κ1) is 25.0. The first-order valence-corrected chi connectivity index (χ1v) is 13.1. The minimum absolute atomic E-state index is 0.0274. The van der Waals surface area contributed by atoms with Crippen LogP contribution in [0.4, 0.5) is 21.8 Å². The quantitative estimate of drug-likeness (QED) is 0.309. The Bertz CT molecular complexity index is 1790. The zero-order valence-corrected chi connectivity index (χ0v) is 22.2. The van der Waals surface area contributed by atoms with Gasteiger partial charge in [0, 0.05) is 43.5 Å². The van der Waals surface area contributed by atoms with Gasteiger partial charge in [-0.3, -0.25) is 4.79 Å². The fourth-order valence-electron chi connectivity index (χ4n) is 4.92. The molecule has 5 aromatic rings. The molecule has 4 aromatic heterocycles. The Morgan fingerprint density at radius 3 is 2.85 bits per heavy atom. The van der Waals surface area contributed by atoms with Gasteiger partial charge in [-0.2, -0.15) is 5.10 Å². The van der Waals surface area contributed by atoms with Gasteiger partial charge in [0.1, 0.15) is 35.2 Å². The number of hydrogen-bond acceptors (Lipinski definition) is 11. The standard InChI is InChI=1S/C27H25FN10O3/c1-15-11-36(7-8-37(15)26(39)21-12-40-21)27-29-10-19-24(35-27)25(32-13-30-19)34-18-3-4-20(16(2)23(18)28)41-17-5-6-38-22(9-17)31-14-33-38/h3-6,9-10,13-15,21H,7-8,11-12H2,1-2H3,(H,30,32,34)/t15-,21?/m1/s1. The van der Waals surface area contributed by atoms with Crippen LogP contribution in [-0.2, 0) is 9.53 Å². The van der Waals surface area contributed by atoms with Gasteiger partial charge in [0.05, 0.1) is 18.5 Å². The molecular weight excluding hydrogens is 531 g/mol. The van der Waals surface area contributed by atoms with E-state index in [0.29, 0.717) is 71.8 Å². The van der Waals surface area contributed by atoms with Crippen molar-refractivity contribution in [3.8, 4) is 11.5 Å². The fraction of sp³-hybridized carbons (Fsp3) is 0.296. The van der Waals surface area contributed by atoms with Gasteiger partial charge in [-0.15, -0.1) is 0 Å². The van der Waals surface area contributed by atoms with E-state index in [1.165, 1.54) is 12.7 Å². The Morgan fingerprint density at radius 1 is 1.15 bits per heavy atom. The molecule has 0 spiro atoms. The average molecular weight is 557 g/mol. The number of hydrogen-bond donors (Lipinski definition) is 1. The number of carbonyl (C=O) groups is 1. The number of nitrogens with zero attached hydrogens (tertiary/aromatic N) is 9. The van der Waals surface area contributed by atoms with Gasteiger partial charge >= 0.3 is 0 Å². The number of halogens is 1. The summed E-state index contributed by atoms with van der Waals surface area (Å²) in [4.78, 5) is 38.3. The van der Waals surface area contributed by atoms with Crippen molar-refractivity contribution in [3.05, 3.63) is 60.7 Å². The number of benzene rings is 1. The number of anilines is 3. The molecule has 0 radical (unpaired) electrons. The highest BCUT2D eigenvalue weighted by molar-refractivity contribution is 5.87. The second kappa shape index (κ2) is 9.89. The minimum Gasteiger partial charge on any atom is -0.457 e. The molecule has 2 aliphatic rings. The normalized spacial score (nSPS) is 18.6. The van der Waals surface area contributed by atoms with Crippen molar-refractivity contribution in [1.29, 1.82) is 0 Å². The Morgan fingerprint density at radius 2 is 2.02 bits per heavy atom. The summed E-state index contributed by atoms with van der Waals surface area (Å²) >= 11 is 0. The maximum absolute atomic E-state index is 15.5. The molecule has 2 fully saturated rings. The molecule has 7 rings (SSSR count). The second-order valence-electron chi connectivity index (χ2n) is 9.98. The van der Waals surface area contributed by atoms with Gasteiger partial charge < -0.3 is 24.6 Å². The second-order valence-corrected chi connectivity index (χ2v) is 9.98. The predicted octanol–water partition coefficient (Wildman–Crippen LogP) is 2.88. The summed E-state index contributed by atoms with van der Waals surface area (Å²) < 4.78 is 28.3. The van der Waals surface area contributed by atoms with Crippen LogP contribution in [0.25, 0.3) is 16.7 Å². The number of piperazine rings is 1. The summed E-state index contributed by atoms with van der Waals surface area (Å²) in [5, 5.41) is 7.13. The molecule has 41 heavy (non-hydrogen) atoms. The van der Waals surface area contributed by atoms with Crippen LogP contribution < -0.4 is 15.0 Å². The van der Waals surface area contributed by atoms with Crippen LogP contribution in [0.3, 0.4) is 0 Å². The first-order chi connectivity index (χ1) is 19.9. The van der Waals surface area contributed by atoms with Crippen LogP contribution in [0.15, 0.2) is 49.3 Å². The topological polar surface area (TPSA) is 139 Å². The van der Waals surface area contributed by atoms with Crippen molar-refractivity contribution >= 4 is 40.0 Å². The van der Waals surface area contributed by atoms with Crippen LogP contribution in [-0.4, -0.2) is 83.7 Å². The molecule has 2 atom stereocenters. The summed E-state index contributed by atoms with van der Waals surface area (Å²) in [7, 11) is 0. The molecule has 1 amide bonds. The van der Waals surface area contributed by atoms with Gasteiger partial charge in [0.15, 0.2) is 23.4 Å². The van der Waals surface area contributed by atoms with Crippen molar-refractivity contribution in [3.63, 3.8) is 0 Å². The van der Waals surface area contributed by atoms with E-state index < -0.39 is 5.82 Å². The fourth-order valence-corrected chi connectivity index (χ4v) is 4.92. The van der Waals surface area contributed by atoms with Crippen LogP contribution >= 0.6 is 0 Å². The number of nitrogens with one attached hydrogen (secondary N) is 1. The van der Waals surface area contributed by atoms with Crippen LogP contribution in [0.1, 0.15) is 12.5 Å². The highest BCUT2D eigenvalue weighted by Gasteiger charge is 2.39. The van der Waals surface area contributed by atoms with E-state index in [0.717, 1.165) is 0 Å². The van der Waals surface area contributed by atoms with Crippen molar-refractivity contribution < 1.29 is 18.7 Å². The van der Waals surface area contributed by atoms with E-state index in [1.807, 2.05) is 16.7 Å². The largest absolute Gasteiger partial charge is 0.457 e. The van der Waals surface area contributed by atoms with Crippen molar-refractivity contribution in [1.82, 2.24) is 39.4 Å². The summed E-state index contributed by atoms with van der Waals surface area (Å²) in [6.07, 6.45) is 5.86. The van der Waals surface area contributed by atoms with Gasteiger partial charge in [-0.1, -0.05) is 0 Å². The zero-order valence-electron chi connectivity index (χ0n) is 22.2. The predicted molar refractivity (Wildman–Crippen MR) is 146 cm³/mol. The number of aromatic nitrogens is 7. The first-order valence-electron chi connectivity index (χ1n) is 13.1. The maximum atomic E-state index is 15.5. The molecule has 0 aliphatic carbocycles. The third-order valence-corrected chi connectivity index (χ3v) is 7.24. The molecule has 13 nitrogen and oxygen atoms in total. The Labute approximate surface area is 233 Å². The third-order valence-electron chi connectivity index (χ3n) is 7.24. The van der Waals surface area contributed by atoms with Crippen LogP contribution in [0.2, 0.25) is 0 Å². The maximum Gasteiger partial charge on any atom is 0.254 e. The molecule has 1 N–H and O–H groups in total. The van der Waals surface area contributed by atoms with E-state index in [1.54, 1.807) is 48.1 Å². The molecule has 0 bridgehead atoms. The summed E-state index contributed by atoms with van der Waals surface area (Å²) in [6, 6.07) is 6.70. The van der Waals surface area contributed by atoms with Crippen molar-refractivity contribution in [2.75, 3.05) is 36.5 Å². The highest BCUT2D eigenvalue weighted by Crippen LogP contribution is 2.33. The summed E-state index contributed by atoms with van der Waals surface area (Å²) in [6.45, 7) is 5.82. The van der Waals surface area contributed by atoms with Crippen molar-refractivity contribution in [2.45, 2.75) is 26.0 Å². The molecule has 6 heterocycles. The number of fused-ring (bicyclic) bond motifs is 2. The molecular formula is C27H25FN10O3. The van der Waals surface area contributed by atoms with Crippen LogP contribution in [0.5, 0.6) is 11.5 Å². The number of ether oxygens (including phenoxy) is 2. The Balaban J connectivity index is 1.12. The number of carbonyl (C=O) groups excluding carboxylic acids is 1. The lowest BCUT2D eigenvalue weighted by Crippen LogP contribution is -2.55. The Hall–Kier alpha value is -4.98. The van der Waals surface area contributed by atoms with Gasteiger partial charge in [0.25, 0.3) is 5.91 Å². The lowest BCUT2D eigenvalue weighted by Gasteiger charge is -2.39. The lowest BCUT2D eigenvalue weighted by molar-refractivity contribution is -0.134. The molecule has 14 heteroatoms. The number of epoxide rings is 1. The number of pyridine rings is 1. The third kappa shape index (κ3) is 4.71. The molecule has 1 unspecified atom stereocenters. The van der Waals surface area contributed by atoms with E-state index >= 15 is 4.39 Å². The van der Waals surface area contributed by atoms with Crippen molar-refractivity contribution in [2.24, 2.45) is 0 Å². The van der Waals surface area contributed by atoms with E-state index in [-0.39, 0.29) is 23.7 Å². The molecule has 2 aliphatic heterocycles. The highest BCUT2D eigenvalue weighted by atomic mass is 19.1. The summed E-state index contributed by atoms with van der Waals surface area (Å²) in [5.74, 6) is 1.26. The molecule has 1 aromatic carbocycles. The smallest absolute Gasteiger partial charge is 0.254 e. The average Bonchev–Trinajstić information content (AvgIpc) is 3.74. The lowest BCUT2D eigenvalue weighted by atomic mass is 10.1. The SMILES string of the molecule is Cc1c(Oc2ccn3ncnc3c2)ccc(Nc2ncnc3cnc(N4CCN(C(=O)C5CO5)[C@H](C)C4)nc23)c1F. The van der Waals surface area contributed by atoms with E-state index in [2.05, 4.69) is 30.4 Å². The molecule has 0 saturated carbocycles. The molecule has 208 valence electrons. The zero-order chi connectivity index (χ0) is 28.1. The summed E-state index contributed by atoms with van der Waals surface area (Å²) in [5.41, 5.74) is 2.12. The monoisotopic (exact) mass is 556 g/mol. The Kier molecular flexibility index (Phi) is 6.03. The van der Waals surface area contributed by atoms with Gasteiger partial charge in [-0.05, 0) is 32.0 Å². The minimum atomic E-state index is -0.485. The van der Waals surface area contributed by atoms with Gasteiger partial charge in [-0.25, -0.2) is 33.8 Å². The van der Waals surface area contributed by atoms with Gasteiger partial charge in [0.2, 0.25) is 5.95 Å². The number of rotatable bonds is 6. The van der Waals surface area contributed by atoms with E-state index in [4.69, 9.17) is 14.5 Å².